The van der Waals surface area contributed by atoms with Gasteiger partial charge >= 0.3 is 0 Å². The van der Waals surface area contributed by atoms with E-state index in [4.69, 9.17) is 9.47 Å². The molecule has 0 spiro atoms. The molecule has 0 saturated heterocycles. The maximum absolute atomic E-state index is 12.8. The lowest BCUT2D eigenvalue weighted by atomic mass is 9.81. The topological polar surface area (TPSA) is 59.1 Å². The zero-order valence-electron chi connectivity index (χ0n) is 25.6. The largest absolute Gasteiger partial charge is 0.381 e. The number of carbonyl (C=O) groups excluding carboxylic acids is 2. The van der Waals surface area contributed by atoms with Crippen molar-refractivity contribution in [3.63, 3.8) is 0 Å². The molecule has 0 unspecified atom stereocenters. The lowest BCUT2D eigenvalue weighted by Crippen LogP contribution is -2.42. The molecule has 0 aliphatic heterocycles. The van der Waals surface area contributed by atoms with Crippen molar-refractivity contribution in [1.29, 1.82) is 0 Å². The summed E-state index contributed by atoms with van der Waals surface area (Å²) in [7, 11) is 7.07. The van der Waals surface area contributed by atoms with Crippen LogP contribution in [0.2, 0.25) is 0 Å². The Hall–Kier alpha value is -1.14. The fourth-order valence-electron chi connectivity index (χ4n) is 4.52. The van der Waals surface area contributed by atoms with E-state index < -0.39 is 5.41 Å². The zero-order chi connectivity index (χ0) is 27.8. The standard InChI is InChI=1S/C31H62N2O4/c1-7-9-11-13-15-17-19-21-23-36-27-31(25-29(34)32(3)4,26-30(35)33(5)6)28-37-24-22-20-18-16-14-12-10-8-2/h7-28H2,1-6H3. The van der Waals surface area contributed by atoms with Crippen LogP contribution in [-0.4, -0.2) is 76.2 Å². The summed E-state index contributed by atoms with van der Waals surface area (Å²) in [5.41, 5.74) is -0.636. The number of unbranched alkanes of at least 4 members (excludes halogenated alkanes) is 14. The number of amides is 2. The zero-order valence-corrected chi connectivity index (χ0v) is 25.6. The van der Waals surface area contributed by atoms with E-state index in [1.807, 2.05) is 0 Å². The second kappa shape index (κ2) is 23.9. The predicted octanol–water partition coefficient (Wildman–Crippen LogP) is 7.24. The lowest BCUT2D eigenvalue weighted by molar-refractivity contribution is -0.140. The normalized spacial score (nSPS) is 11.6. The average molecular weight is 527 g/mol. The van der Waals surface area contributed by atoms with Crippen molar-refractivity contribution in [3.05, 3.63) is 0 Å². The van der Waals surface area contributed by atoms with E-state index in [-0.39, 0.29) is 24.7 Å². The fourth-order valence-corrected chi connectivity index (χ4v) is 4.52. The van der Waals surface area contributed by atoms with Crippen molar-refractivity contribution in [2.24, 2.45) is 5.41 Å². The van der Waals surface area contributed by atoms with Gasteiger partial charge < -0.3 is 19.3 Å². The van der Waals surface area contributed by atoms with E-state index in [1.165, 1.54) is 89.9 Å². The molecule has 37 heavy (non-hydrogen) atoms. The highest BCUT2D eigenvalue weighted by Crippen LogP contribution is 2.30. The Balaban J connectivity index is 4.75. The van der Waals surface area contributed by atoms with Gasteiger partial charge in [-0.3, -0.25) is 9.59 Å². The van der Waals surface area contributed by atoms with Crippen LogP contribution >= 0.6 is 0 Å². The van der Waals surface area contributed by atoms with Crippen LogP contribution in [0.15, 0.2) is 0 Å². The summed E-state index contributed by atoms with van der Waals surface area (Å²) < 4.78 is 12.3. The molecule has 0 rings (SSSR count). The highest BCUT2D eigenvalue weighted by atomic mass is 16.5. The minimum Gasteiger partial charge on any atom is -0.381 e. The van der Waals surface area contributed by atoms with Crippen molar-refractivity contribution in [2.45, 2.75) is 129 Å². The van der Waals surface area contributed by atoms with Gasteiger partial charge in [0.2, 0.25) is 11.8 Å². The molecular weight excluding hydrogens is 464 g/mol. The minimum atomic E-state index is -0.636. The van der Waals surface area contributed by atoms with Gasteiger partial charge in [-0.2, -0.15) is 0 Å². The van der Waals surface area contributed by atoms with Gasteiger partial charge in [0, 0.05) is 59.7 Å². The van der Waals surface area contributed by atoms with Gasteiger partial charge in [-0.15, -0.1) is 0 Å². The summed E-state index contributed by atoms with van der Waals surface area (Å²) >= 11 is 0. The molecule has 0 saturated carbocycles. The van der Waals surface area contributed by atoms with Gasteiger partial charge in [0.15, 0.2) is 0 Å². The summed E-state index contributed by atoms with van der Waals surface area (Å²) in [4.78, 5) is 28.7. The van der Waals surface area contributed by atoms with E-state index in [1.54, 1.807) is 38.0 Å². The Bertz CT molecular complexity index is 503. The van der Waals surface area contributed by atoms with Crippen LogP contribution in [-0.2, 0) is 19.1 Å². The van der Waals surface area contributed by atoms with Crippen LogP contribution in [0.4, 0.5) is 0 Å². The number of hydrogen-bond donors (Lipinski definition) is 0. The molecule has 0 fully saturated rings. The van der Waals surface area contributed by atoms with Gasteiger partial charge in [0.25, 0.3) is 0 Å². The molecule has 6 heteroatoms. The SMILES string of the molecule is CCCCCCCCCCOCC(COCCCCCCCCCC)(CC(=O)N(C)C)CC(=O)N(C)C. The molecule has 0 radical (unpaired) electrons. The maximum Gasteiger partial charge on any atom is 0.222 e. The van der Waals surface area contributed by atoms with Crippen LogP contribution in [0, 0.1) is 5.41 Å². The van der Waals surface area contributed by atoms with Gasteiger partial charge in [-0.05, 0) is 12.8 Å². The van der Waals surface area contributed by atoms with Gasteiger partial charge in [0.1, 0.15) is 0 Å². The van der Waals surface area contributed by atoms with E-state index >= 15 is 0 Å². The highest BCUT2D eigenvalue weighted by molar-refractivity contribution is 5.80. The highest BCUT2D eigenvalue weighted by Gasteiger charge is 2.37. The molecule has 2 amide bonds. The van der Waals surface area contributed by atoms with Crippen LogP contribution < -0.4 is 0 Å². The van der Waals surface area contributed by atoms with Crippen LogP contribution in [0.25, 0.3) is 0 Å². The smallest absolute Gasteiger partial charge is 0.222 e. The monoisotopic (exact) mass is 526 g/mol. The lowest BCUT2D eigenvalue weighted by Gasteiger charge is -2.34. The van der Waals surface area contributed by atoms with E-state index in [0.29, 0.717) is 26.4 Å². The number of rotatable bonds is 26. The van der Waals surface area contributed by atoms with Crippen molar-refractivity contribution in [3.8, 4) is 0 Å². The van der Waals surface area contributed by atoms with E-state index in [9.17, 15) is 9.59 Å². The fraction of sp³-hybridized carbons (Fsp3) is 0.935. The third-order valence-corrected chi connectivity index (χ3v) is 7.15. The first-order chi connectivity index (χ1) is 17.8. The Kier molecular flexibility index (Phi) is 23.2. The molecule has 0 aromatic rings. The number of ether oxygens (including phenoxy) is 2. The molecule has 0 atom stereocenters. The van der Waals surface area contributed by atoms with Crippen LogP contribution in [0.3, 0.4) is 0 Å². The molecule has 0 aromatic heterocycles. The molecule has 220 valence electrons. The first kappa shape index (κ1) is 35.9. The van der Waals surface area contributed by atoms with Crippen molar-refractivity contribution >= 4 is 11.8 Å². The number of nitrogens with zero attached hydrogens (tertiary/aromatic N) is 2. The van der Waals surface area contributed by atoms with Crippen molar-refractivity contribution in [1.82, 2.24) is 9.80 Å². The van der Waals surface area contributed by atoms with Crippen LogP contribution in [0.5, 0.6) is 0 Å². The molecule has 0 aromatic carbocycles. The van der Waals surface area contributed by atoms with Gasteiger partial charge in [-0.1, -0.05) is 104 Å². The third kappa shape index (κ3) is 20.5. The first-order valence-corrected chi connectivity index (χ1v) is 15.3. The van der Waals surface area contributed by atoms with Gasteiger partial charge in [0.05, 0.1) is 13.2 Å². The quantitative estimate of drug-likeness (QED) is 0.111. The maximum atomic E-state index is 12.8. The Labute approximate surface area is 230 Å². The number of carbonyl (C=O) groups is 2. The Morgan fingerprint density at radius 1 is 0.514 bits per heavy atom. The first-order valence-electron chi connectivity index (χ1n) is 15.3. The van der Waals surface area contributed by atoms with Gasteiger partial charge in [-0.25, -0.2) is 0 Å². The molecule has 6 nitrogen and oxygen atoms in total. The molecule has 0 aliphatic rings. The molecular formula is C31H62N2O4. The molecule has 0 heterocycles. The predicted molar refractivity (Wildman–Crippen MR) is 156 cm³/mol. The Morgan fingerprint density at radius 3 is 1.11 bits per heavy atom. The molecule has 0 bridgehead atoms. The third-order valence-electron chi connectivity index (χ3n) is 7.15. The minimum absolute atomic E-state index is 0.0120. The Morgan fingerprint density at radius 2 is 0.811 bits per heavy atom. The average Bonchev–Trinajstić information content (AvgIpc) is 2.86. The summed E-state index contributed by atoms with van der Waals surface area (Å²) in [6.07, 6.45) is 20.6. The molecule has 0 N–H and O–H groups in total. The molecule has 0 aliphatic carbocycles. The van der Waals surface area contributed by atoms with E-state index in [0.717, 1.165) is 12.8 Å². The number of hydrogen-bond acceptors (Lipinski definition) is 4. The summed E-state index contributed by atoms with van der Waals surface area (Å²) in [5.74, 6) is 0.0239. The summed E-state index contributed by atoms with van der Waals surface area (Å²) in [6.45, 7) is 6.58. The second-order valence-electron chi connectivity index (χ2n) is 11.5. The summed E-state index contributed by atoms with van der Waals surface area (Å²) in [5, 5.41) is 0. The van der Waals surface area contributed by atoms with Crippen molar-refractivity contribution < 1.29 is 19.1 Å². The van der Waals surface area contributed by atoms with Crippen molar-refractivity contribution in [2.75, 3.05) is 54.6 Å². The second-order valence-corrected chi connectivity index (χ2v) is 11.5. The van der Waals surface area contributed by atoms with Crippen LogP contribution in [0.1, 0.15) is 129 Å². The summed E-state index contributed by atoms with van der Waals surface area (Å²) in [6, 6.07) is 0. The van der Waals surface area contributed by atoms with E-state index in [2.05, 4.69) is 13.8 Å².